The first-order chi connectivity index (χ1) is 14.1. The van der Waals surface area contributed by atoms with Crippen LogP contribution in [0.15, 0.2) is 30.5 Å². The van der Waals surface area contributed by atoms with Gasteiger partial charge in [0.15, 0.2) is 5.82 Å². The number of aromatic nitrogens is 3. The van der Waals surface area contributed by atoms with E-state index in [4.69, 9.17) is 0 Å². The molecule has 1 aromatic carbocycles. The maximum atomic E-state index is 4.52. The van der Waals surface area contributed by atoms with Gasteiger partial charge in [-0.1, -0.05) is 27.7 Å². The van der Waals surface area contributed by atoms with Gasteiger partial charge in [0, 0.05) is 49.0 Å². The Balaban J connectivity index is 0.000000707. The highest BCUT2D eigenvalue weighted by atomic mass is 15.3. The number of piperazine rings is 1. The highest BCUT2D eigenvalue weighted by Crippen LogP contribution is 2.31. The summed E-state index contributed by atoms with van der Waals surface area (Å²) in [6.45, 7) is 18.3. The lowest BCUT2D eigenvalue weighted by Crippen LogP contribution is -2.43. The van der Waals surface area contributed by atoms with E-state index in [1.165, 1.54) is 16.5 Å². The standard InChI is InChI=1S/C20H23N5.2C2H6/c1-13-10-17-14(2)15(3)18(11-16(17)12-22-13)19-4-5-20(24-23-19)25-8-6-21-7-9-25;2*1-2/h4-5,10-12,21H,6-9H2,1-3H3;2*1-2H3. The Morgan fingerprint density at radius 3 is 2.17 bits per heavy atom. The van der Waals surface area contributed by atoms with Crippen LogP contribution in [0.2, 0.25) is 0 Å². The van der Waals surface area contributed by atoms with Crippen LogP contribution in [-0.4, -0.2) is 41.4 Å². The molecule has 1 aliphatic heterocycles. The molecule has 3 aromatic rings. The highest BCUT2D eigenvalue weighted by molar-refractivity contribution is 5.91. The van der Waals surface area contributed by atoms with Crippen molar-refractivity contribution in [1.82, 2.24) is 20.5 Å². The molecule has 0 radical (unpaired) electrons. The topological polar surface area (TPSA) is 53.9 Å². The third-order valence-corrected chi connectivity index (χ3v) is 5.11. The molecule has 29 heavy (non-hydrogen) atoms. The van der Waals surface area contributed by atoms with Gasteiger partial charge in [0.25, 0.3) is 0 Å². The summed E-state index contributed by atoms with van der Waals surface area (Å²) in [6.07, 6.45) is 1.95. The lowest BCUT2D eigenvalue weighted by Gasteiger charge is -2.27. The lowest BCUT2D eigenvalue weighted by molar-refractivity contribution is 0.583. The maximum Gasteiger partial charge on any atom is 0.151 e. The molecular weight excluding hydrogens is 358 g/mol. The van der Waals surface area contributed by atoms with Crippen molar-refractivity contribution in [3.8, 4) is 11.3 Å². The number of aryl methyl sites for hydroxylation is 2. The number of pyridine rings is 1. The zero-order valence-corrected chi connectivity index (χ0v) is 19.0. The van der Waals surface area contributed by atoms with Gasteiger partial charge < -0.3 is 10.2 Å². The summed E-state index contributed by atoms with van der Waals surface area (Å²) in [6, 6.07) is 8.50. The smallest absolute Gasteiger partial charge is 0.151 e. The molecular formula is C24H35N5. The van der Waals surface area contributed by atoms with E-state index in [-0.39, 0.29) is 0 Å². The third-order valence-electron chi connectivity index (χ3n) is 5.11. The molecule has 3 heterocycles. The Bertz CT molecular complexity index is 913. The van der Waals surface area contributed by atoms with Crippen LogP contribution in [0.3, 0.4) is 0 Å². The number of nitrogens with zero attached hydrogens (tertiary/aromatic N) is 4. The van der Waals surface area contributed by atoms with E-state index in [9.17, 15) is 0 Å². The van der Waals surface area contributed by atoms with Crippen molar-refractivity contribution in [3.63, 3.8) is 0 Å². The molecule has 0 amide bonds. The second-order valence-electron chi connectivity index (χ2n) is 6.73. The van der Waals surface area contributed by atoms with E-state index in [1.54, 1.807) is 0 Å². The van der Waals surface area contributed by atoms with E-state index in [1.807, 2.05) is 40.8 Å². The minimum Gasteiger partial charge on any atom is -0.353 e. The largest absolute Gasteiger partial charge is 0.353 e. The van der Waals surface area contributed by atoms with Crippen LogP contribution in [-0.2, 0) is 0 Å². The van der Waals surface area contributed by atoms with E-state index in [2.05, 4.69) is 63.5 Å². The van der Waals surface area contributed by atoms with Gasteiger partial charge in [-0.25, -0.2) is 0 Å². The molecule has 0 bridgehead atoms. The van der Waals surface area contributed by atoms with Crippen LogP contribution in [0.4, 0.5) is 5.82 Å². The number of rotatable bonds is 2. The molecule has 0 unspecified atom stereocenters. The maximum absolute atomic E-state index is 4.52. The molecule has 5 heteroatoms. The van der Waals surface area contributed by atoms with E-state index >= 15 is 0 Å². The van der Waals surface area contributed by atoms with Crippen molar-refractivity contribution in [2.45, 2.75) is 48.5 Å². The van der Waals surface area contributed by atoms with Gasteiger partial charge in [0.2, 0.25) is 0 Å². The summed E-state index contributed by atoms with van der Waals surface area (Å²) in [4.78, 5) is 6.72. The zero-order valence-electron chi connectivity index (χ0n) is 19.0. The summed E-state index contributed by atoms with van der Waals surface area (Å²) in [7, 11) is 0. The Hall–Kier alpha value is -2.53. The summed E-state index contributed by atoms with van der Waals surface area (Å²) in [5.74, 6) is 0.956. The molecule has 1 aliphatic rings. The molecule has 0 saturated carbocycles. The zero-order chi connectivity index (χ0) is 21.4. The monoisotopic (exact) mass is 393 g/mol. The molecule has 1 saturated heterocycles. The average molecular weight is 394 g/mol. The van der Waals surface area contributed by atoms with E-state index in [0.717, 1.165) is 54.3 Å². The van der Waals surface area contributed by atoms with Crippen LogP contribution >= 0.6 is 0 Å². The number of fused-ring (bicyclic) bond motifs is 1. The summed E-state index contributed by atoms with van der Waals surface area (Å²) >= 11 is 0. The molecule has 5 nitrogen and oxygen atoms in total. The number of hydrogen-bond acceptors (Lipinski definition) is 5. The quantitative estimate of drug-likeness (QED) is 0.658. The summed E-state index contributed by atoms with van der Waals surface area (Å²) in [5.41, 5.74) is 5.63. The molecule has 2 aromatic heterocycles. The van der Waals surface area contributed by atoms with Crippen molar-refractivity contribution in [2.75, 3.05) is 31.1 Å². The Labute approximate surface area is 175 Å². The number of hydrogen-bond donors (Lipinski definition) is 1. The minimum absolute atomic E-state index is 0.918. The van der Waals surface area contributed by atoms with Gasteiger partial charge in [-0.05, 0) is 61.5 Å². The summed E-state index contributed by atoms with van der Waals surface area (Å²) < 4.78 is 0. The van der Waals surface area contributed by atoms with Crippen molar-refractivity contribution in [1.29, 1.82) is 0 Å². The predicted octanol–water partition coefficient (Wildman–Crippen LogP) is 5.08. The van der Waals surface area contributed by atoms with Crippen molar-refractivity contribution in [3.05, 3.63) is 47.3 Å². The Morgan fingerprint density at radius 2 is 1.55 bits per heavy atom. The van der Waals surface area contributed by atoms with Gasteiger partial charge >= 0.3 is 0 Å². The van der Waals surface area contributed by atoms with Crippen LogP contribution in [0, 0.1) is 20.8 Å². The van der Waals surface area contributed by atoms with Crippen LogP contribution in [0.25, 0.3) is 22.0 Å². The summed E-state index contributed by atoms with van der Waals surface area (Å²) in [5, 5.41) is 14.8. The normalized spacial score (nSPS) is 13.3. The molecule has 1 N–H and O–H groups in total. The molecule has 1 fully saturated rings. The van der Waals surface area contributed by atoms with Gasteiger partial charge in [-0.15, -0.1) is 10.2 Å². The molecule has 156 valence electrons. The van der Waals surface area contributed by atoms with Crippen molar-refractivity contribution in [2.24, 2.45) is 0 Å². The van der Waals surface area contributed by atoms with Gasteiger partial charge in [0.1, 0.15) is 0 Å². The number of benzene rings is 1. The molecule has 0 atom stereocenters. The van der Waals surface area contributed by atoms with Gasteiger partial charge in [0.05, 0.1) is 5.69 Å². The van der Waals surface area contributed by atoms with Crippen LogP contribution in [0.5, 0.6) is 0 Å². The Kier molecular flexibility index (Phi) is 8.52. The van der Waals surface area contributed by atoms with E-state index in [0.29, 0.717) is 0 Å². The molecule has 0 aliphatic carbocycles. The first kappa shape index (κ1) is 22.8. The molecule has 4 rings (SSSR count). The minimum atomic E-state index is 0.918. The third kappa shape index (κ3) is 5.10. The van der Waals surface area contributed by atoms with Crippen LogP contribution < -0.4 is 10.2 Å². The fraction of sp³-hybridized carbons (Fsp3) is 0.458. The van der Waals surface area contributed by atoms with Crippen molar-refractivity contribution < 1.29 is 0 Å². The SMILES string of the molecule is CC.CC.Cc1cc2c(C)c(C)c(-c3ccc(N4CCNCC4)nn3)cc2cn1. The first-order valence-corrected chi connectivity index (χ1v) is 10.8. The van der Waals surface area contributed by atoms with E-state index < -0.39 is 0 Å². The second kappa shape index (κ2) is 10.9. The predicted molar refractivity (Wildman–Crippen MR) is 125 cm³/mol. The fourth-order valence-corrected chi connectivity index (χ4v) is 3.48. The van der Waals surface area contributed by atoms with Crippen molar-refractivity contribution >= 4 is 16.6 Å². The lowest BCUT2D eigenvalue weighted by atomic mass is 9.95. The van der Waals surface area contributed by atoms with Crippen LogP contribution in [0.1, 0.15) is 44.5 Å². The second-order valence-corrected chi connectivity index (χ2v) is 6.73. The first-order valence-electron chi connectivity index (χ1n) is 10.8. The van der Waals surface area contributed by atoms with Gasteiger partial charge in [-0.2, -0.15) is 0 Å². The van der Waals surface area contributed by atoms with Gasteiger partial charge in [-0.3, -0.25) is 4.98 Å². The highest BCUT2D eigenvalue weighted by Gasteiger charge is 2.14. The fourth-order valence-electron chi connectivity index (χ4n) is 3.48. The average Bonchev–Trinajstić information content (AvgIpc) is 2.80. The molecule has 0 spiro atoms. The number of anilines is 1. The number of nitrogens with one attached hydrogen (secondary N) is 1. The Morgan fingerprint density at radius 1 is 0.862 bits per heavy atom.